The Bertz CT molecular complexity index is 348. The minimum atomic E-state index is 0.408. The molecule has 0 saturated heterocycles. The van der Waals surface area contributed by atoms with Crippen LogP contribution < -0.4 is 5.73 Å². The monoisotopic (exact) mass is 220 g/mol. The molecule has 0 radical (unpaired) electrons. The molecule has 1 unspecified atom stereocenters. The van der Waals surface area contributed by atoms with Gasteiger partial charge >= 0.3 is 0 Å². The van der Waals surface area contributed by atoms with Gasteiger partial charge in [-0.2, -0.15) is 0 Å². The van der Waals surface area contributed by atoms with Gasteiger partial charge in [0, 0.05) is 18.8 Å². The number of thioether (sulfide) groups is 1. The van der Waals surface area contributed by atoms with Crippen molar-refractivity contribution in [1.82, 2.24) is 4.90 Å². The second kappa shape index (κ2) is 4.73. The van der Waals surface area contributed by atoms with Crippen molar-refractivity contribution in [2.45, 2.75) is 18.8 Å². The molecule has 0 aliphatic carbocycles. The first-order chi connectivity index (χ1) is 7.31. The Morgan fingerprint density at radius 3 is 2.73 bits per heavy atom. The average Bonchev–Trinajstić information content (AvgIpc) is 2.62. The summed E-state index contributed by atoms with van der Waals surface area (Å²) in [5, 5.41) is 2.60. The van der Waals surface area contributed by atoms with Gasteiger partial charge in [0.2, 0.25) is 0 Å². The lowest BCUT2D eigenvalue weighted by atomic mass is 10.2. The molecular weight excluding hydrogens is 204 g/mol. The molecule has 0 amide bonds. The molecule has 1 aliphatic rings. The Kier molecular flexibility index (Phi) is 3.34. The Hall–Kier alpha value is -0.930. The third-order valence-corrected chi connectivity index (χ3v) is 3.83. The SMILES string of the molecule is CC1=CSC(CN)N1Cc1ccccc1. The Labute approximate surface area is 95.1 Å². The van der Waals surface area contributed by atoms with Crippen LogP contribution in [0, 0.1) is 0 Å². The fourth-order valence-corrected chi connectivity index (χ4v) is 2.72. The van der Waals surface area contributed by atoms with Crippen LogP contribution in [0.1, 0.15) is 12.5 Å². The van der Waals surface area contributed by atoms with E-state index in [0.29, 0.717) is 11.9 Å². The number of hydrogen-bond acceptors (Lipinski definition) is 3. The zero-order valence-electron chi connectivity index (χ0n) is 8.89. The summed E-state index contributed by atoms with van der Waals surface area (Å²) in [6, 6.07) is 10.5. The van der Waals surface area contributed by atoms with Gasteiger partial charge in [-0.15, -0.1) is 11.8 Å². The minimum absolute atomic E-state index is 0.408. The number of allylic oxidation sites excluding steroid dienone is 1. The van der Waals surface area contributed by atoms with Crippen LogP contribution in [0.4, 0.5) is 0 Å². The Morgan fingerprint density at radius 1 is 1.33 bits per heavy atom. The van der Waals surface area contributed by atoms with Crippen molar-refractivity contribution in [1.29, 1.82) is 0 Å². The molecule has 2 N–H and O–H groups in total. The highest BCUT2D eigenvalue weighted by Crippen LogP contribution is 2.31. The van der Waals surface area contributed by atoms with E-state index in [0.717, 1.165) is 6.54 Å². The third-order valence-electron chi connectivity index (χ3n) is 2.59. The quantitative estimate of drug-likeness (QED) is 0.848. The number of nitrogens with two attached hydrogens (primary N) is 1. The summed E-state index contributed by atoms with van der Waals surface area (Å²) >= 11 is 1.82. The van der Waals surface area contributed by atoms with Crippen molar-refractivity contribution in [2.24, 2.45) is 5.73 Å². The summed E-state index contributed by atoms with van der Waals surface area (Å²) < 4.78 is 0. The van der Waals surface area contributed by atoms with Crippen LogP contribution in [0.25, 0.3) is 0 Å². The lowest BCUT2D eigenvalue weighted by Gasteiger charge is -2.26. The van der Waals surface area contributed by atoms with Gasteiger partial charge in [0.05, 0.1) is 5.37 Å². The molecule has 0 saturated carbocycles. The summed E-state index contributed by atoms with van der Waals surface area (Å²) in [6.45, 7) is 3.80. The molecular formula is C12H16N2S. The summed E-state index contributed by atoms with van der Waals surface area (Å²) in [7, 11) is 0. The molecule has 15 heavy (non-hydrogen) atoms. The fraction of sp³-hybridized carbons (Fsp3) is 0.333. The molecule has 2 rings (SSSR count). The fourth-order valence-electron chi connectivity index (χ4n) is 1.73. The van der Waals surface area contributed by atoms with Gasteiger partial charge in [-0.05, 0) is 17.9 Å². The minimum Gasteiger partial charge on any atom is -0.357 e. The topological polar surface area (TPSA) is 29.3 Å². The summed E-state index contributed by atoms with van der Waals surface area (Å²) in [5.41, 5.74) is 8.40. The molecule has 1 aliphatic heterocycles. The highest BCUT2D eigenvalue weighted by molar-refractivity contribution is 8.02. The van der Waals surface area contributed by atoms with Crippen molar-refractivity contribution in [3.63, 3.8) is 0 Å². The van der Waals surface area contributed by atoms with Crippen molar-refractivity contribution in [3.05, 3.63) is 47.0 Å². The lowest BCUT2D eigenvalue weighted by molar-refractivity contribution is 0.329. The zero-order valence-corrected chi connectivity index (χ0v) is 9.70. The average molecular weight is 220 g/mol. The van der Waals surface area contributed by atoms with Gasteiger partial charge < -0.3 is 10.6 Å². The van der Waals surface area contributed by atoms with Crippen molar-refractivity contribution in [2.75, 3.05) is 6.54 Å². The van der Waals surface area contributed by atoms with Crippen LogP contribution in [0.2, 0.25) is 0 Å². The molecule has 0 aromatic heterocycles. The van der Waals surface area contributed by atoms with Crippen LogP contribution in [-0.4, -0.2) is 16.8 Å². The largest absolute Gasteiger partial charge is 0.357 e. The molecule has 0 bridgehead atoms. The predicted molar refractivity (Wildman–Crippen MR) is 66.2 cm³/mol. The van der Waals surface area contributed by atoms with Gasteiger partial charge in [0.25, 0.3) is 0 Å². The standard InChI is InChI=1S/C12H16N2S/c1-10-9-15-12(7-13)14(10)8-11-5-3-2-4-6-11/h2-6,9,12H,7-8,13H2,1H3. The highest BCUT2D eigenvalue weighted by atomic mass is 32.2. The smallest absolute Gasteiger partial charge is 0.0914 e. The van der Waals surface area contributed by atoms with Crippen LogP contribution in [0.5, 0.6) is 0 Å². The second-order valence-electron chi connectivity index (χ2n) is 3.70. The van der Waals surface area contributed by atoms with E-state index in [1.54, 1.807) is 0 Å². The second-order valence-corrected chi connectivity index (χ2v) is 4.75. The summed E-state index contributed by atoms with van der Waals surface area (Å²) in [6.07, 6.45) is 0. The molecule has 80 valence electrons. The molecule has 0 fully saturated rings. The molecule has 1 atom stereocenters. The van der Waals surface area contributed by atoms with Crippen molar-refractivity contribution in [3.8, 4) is 0 Å². The first-order valence-electron chi connectivity index (χ1n) is 5.14. The summed E-state index contributed by atoms with van der Waals surface area (Å²) in [5.74, 6) is 0. The van der Waals surface area contributed by atoms with E-state index in [4.69, 9.17) is 5.73 Å². The van der Waals surface area contributed by atoms with Crippen molar-refractivity contribution >= 4 is 11.8 Å². The Balaban J connectivity index is 2.08. The maximum atomic E-state index is 5.74. The number of hydrogen-bond donors (Lipinski definition) is 1. The number of nitrogens with zero attached hydrogens (tertiary/aromatic N) is 1. The van der Waals surface area contributed by atoms with E-state index >= 15 is 0 Å². The first kappa shape index (κ1) is 10.6. The number of rotatable bonds is 3. The normalized spacial score (nSPS) is 20.5. The molecule has 3 heteroatoms. The molecule has 0 spiro atoms. The van der Waals surface area contributed by atoms with Crippen LogP contribution in [-0.2, 0) is 6.54 Å². The highest BCUT2D eigenvalue weighted by Gasteiger charge is 2.22. The van der Waals surface area contributed by atoms with Crippen LogP contribution in [0.15, 0.2) is 41.4 Å². The van der Waals surface area contributed by atoms with E-state index in [2.05, 4.69) is 41.5 Å². The Morgan fingerprint density at radius 2 is 2.07 bits per heavy atom. The van der Waals surface area contributed by atoms with Crippen molar-refractivity contribution < 1.29 is 0 Å². The first-order valence-corrected chi connectivity index (χ1v) is 6.08. The van der Waals surface area contributed by atoms with Crippen LogP contribution >= 0.6 is 11.8 Å². The van der Waals surface area contributed by atoms with Gasteiger partial charge in [-0.25, -0.2) is 0 Å². The molecule has 2 nitrogen and oxygen atoms in total. The zero-order chi connectivity index (χ0) is 10.7. The predicted octanol–water partition coefficient (Wildman–Crippen LogP) is 2.38. The van der Waals surface area contributed by atoms with Gasteiger partial charge in [0.15, 0.2) is 0 Å². The maximum Gasteiger partial charge on any atom is 0.0914 e. The van der Waals surface area contributed by atoms with Gasteiger partial charge in [-0.1, -0.05) is 30.3 Å². The van der Waals surface area contributed by atoms with E-state index in [-0.39, 0.29) is 0 Å². The van der Waals surface area contributed by atoms with E-state index in [9.17, 15) is 0 Å². The number of benzene rings is 1. The maximum absolute atomic E-state index is 5.74. The molecule has 1 aromatic carbocycles. The molecule has 1 aromatic rings. The van der Waals surface area contributed by atoms with Gasteiger partial charge in [0.1, 0.15) is 0 Å². The molecule has 1 heterocycles. The van der Waals surface area contributed by atoms with E-state index in [1.165, 1.54) is 11.3 Å². The van der Waals surface area contributed by atoms with Crippen LogP contribution in [0.3, 0.4) is 0 Å². The van der Waals surface area contributed by atoms with Gasteiger partial charge in [-0.3, -0.25) is 0 Å². The third kappa shape index (κ3) is 2.36. The van der Waals surface area contributed by atoms with E-state index in [1.807, 2.05) is 17.8 Å². The van der Waals surface area contributed by atoms with E-state index < -0.39 is 0 Å². The summed E-state index contributed by atoms with van der Waals surface area (Å²) in [4.78, 5) is 2.36. The lowest BCUT2D eigenvalue weighted by Crippen LogP contribution is -2.33.